The number of aliphatic carboxylic acids is 1. The zero-order valence-electron chi connectivity index (χ0n) is 13.7. The Morgan fingerprint density at radius 1 is 1.12 bits per heavy atom. The zero-order chi connectivity index (χ0) is 16.7. The molecule has 128 valence electrons. The highest BCUT2D eigenvalue weighted by atomic mass is 16.5. The minimum absolute atomic E-state index is 0.118. The molecule has 2 saturated carbocycles. The van der Waals surface area contributed by atoms with E-state index in [1.807, 2.05) is 12.1 Å². The lowest BCUT2D eigenvalue weighted by Crippen LogP contribution is -2.43. The zero-order valence-corrected chi connectivity index (χ0v) is 13.7. The van der Waals surface area contributed by atoms with Crippen LogP contribution in [0.3, 0.4) is 0 Å². The molecule has 1 heterocycles. The van der Waals surface area contributed by atoms with Gasteiger partial charge in [0.05, 0.1) is 6.61 Å². The molecule has 4 rings (SSSR count). The highest BCUT2D eigenvalue weighted by Gasteiger charge is 2.49. The standard InChI is InChI=1S/C19H23NO4/c21-18(13-6-8-15(9-7-13)24-11-12-4-5-12)20-10-14-2-1-3-16(14)17(20)19(22)23/h6-9,12,14,16-17H,1-5,10-11H2,(H,22,23). The smallest absolute Gasteiger partial charge is 0.326 e. The van der Waals surface area contributed by atoms with E-state index in [0.717, 1.165) is 31.6 Å². The fourth-order valence-corrected chi connectivity index (χ4v) is 4.19. The van der Waals surface area contributed by atoms with Gasteiger partial charge < -0.3 is 14.7 Å². The van der Waals surface area contributed by atoms with Gasteiger partial charge in [-0.05, 0) is 67.7 Å². The number of carbonyl (C=O) groups excluding carboxylic acids is 1. The molecule has 5 heteroatoms. The van der Waals surface area contributed by atoms with Crippen molar-refractivity contribution in [3.8, 4) is 5.75 Å². The quantitative estimate of drug-likeness (QED) is 0.902. The van der Waals surface area contributed by atoms with Gasteiger partial charge in [-0.2, -0.15) is 0 Å². The lowest BCUT2D eigenvalue weighted by Gasteiger charge is -2.24. The number of hydrogen-bond donors (Lipinski definition) is 1. The second-order valence-electron chi connectivity index (χ2n) is 7.37. The van der Waals surface area contributed by atoms with Gasteiger partial charge in [0.1, 0.15) is 11.8 Å². The highest BCUT2D eigenvalue weighted by molar-refractivity contribution is 5.97. The SMILES string of the molecule is O=C(O)C1C2CCCC2CN1C(=O)c1ccc(OCC2CC2)cc1. The summed E-state index contributed by atoms with van der Waals surface area (Å²) in [7, 11) is 0. The van der Waals surface area contributed by atoms with Crippen molar-refractivity contribution < 1.29 is 19.4 Å². The maximum Gasteiger partial charge on any atom is 0.326 e. The summed E-state index contributed by atoms with van der Waals surface area (Å²) in [6, 6.07) is 6.44. The maximum absolute atomic E-state index is 12.8. The Hall–Kier alpha value is -2.04. The van der Waals surface area contributed by atoms with Crippen LogP contribution in [0.25, 0.3) is 0 Å². The molecular weight excluding hydrogens is 306 g/mol. The summed E-state index contributed by atoms with van der Waals surface area (Å²) in [4.78, 5) is 26.1. The molecule has 3 fully saturated rings. The van der Waals surface area contributed by atoms with Crippen molar-refractivity contribution >= 4 is 11.9 Å². The number of carbonyl (C=O) groups is 2. The second-order valence-corrected chi connectivity index (χ2v) is 7.37. The number of nitrogens with zero attached hydrogens (tertiary/aromatic N) is 1. The van der Waals surface area contributed by atoms with Crippen molar-refractivity contribution in [2.75, 3.05) is 13.2 Å². The molecule has 5 nitrogen and oxygen atoms in total. The van der Waals surface area contributed by atoms with Crippen LogP contribution >= 0.6 is 0 Å². The molecule has 1 saturated heterocycles. The molecule has 1 aromatic carbocycles. The van der Waals surface area contributed by atoms with Crippen molar-refractivity contribution in [3.05, 3.63) is 29.8 Å². The largest absolute Gasteiger partial charge is 0.493 e. The Balaban J connectivity index is 1.46. The maximum atomic E-state index is 12.8. The van der Waals surface area contributed by atoms with Crippen molar-refractivity contribution in [1.82, 2.24) is 4.90 Å². The third-order valence-electron chi connectivity index (χ3n) is 5.69. The predicted molar refractivity (Wildman–Crippen MR) is 88.0 cm³/mol. The number of benzene rings is 1. The predicted octanol–water partition coefficient (Wildman–Crippen LogP) is 2.80. The van der Waals surface area contributed by atoms with Crippen molar-refractivity contribution in [3.63, 3.8) is 0 Å². The Bertz CT molecular complexity index is 637. The first kappa shape index (κ1) is 15.5. The van der Waals surface area contributed by atoms with Crippen molar-refractivity contribution in [2.45, 2.75) is 38.1 Å². The van der Waals surface area contributed by atoms with Crippen LogP contribution in [-0.2, 0) is 4.79 Å². The molecule has 0 aromatic heterocycles. The Kier molecular flexibility index (Phi) is 3.94. The van der Waals surface area contributed by atoms with Gasteiger partial charge in [-0.1, -0.05) is 6.42 Å². The monoisotopic (exact) mass is 329 g/mol. The van der Waals surface area contributed by atoms with Gasteiger partial charge in [0.2, 0.25) is 0 Å². The van der Waals surface area contributed by atoms with Gasteiger partial charge in [-0.25, -0.2) is 4.79 Å². The van der Waals surface area contributed by atoms with Crippen LogP contribution in [-0.4, -0.2) is 41.1 Å². The van der Waals surface area contributed by atoms with Crippen LogP contribution in [0.5, 0.6) is 5.75 Å². The molecule has 2 aliphatic carbocycles. The molecule has 0 spiro atoms. The number of carboxylic acid groups (broad SMARTS) is 1. The molecule has 0 bridgehead atoms. The first-order valence-electron chi connectivity index (χ1n) is 8.90. The number of rotatable bonds is 5. The number of likely N-dealkylation sites (tertiary alicyclic amines) is 1. The lowest BCUT2D eigenvalue weighted by molar-refractivity contribution is -0.142. The summed E-state index contributed by atoms with van der Waals surface area (Å²) >= 11 is 0. The van der Waals surface area contributed by atoms with E-state index in [1.165, 1.54) is 12.8 Å². The molecule has 3 unspecified atom stereocenters. The average Bonchev–Trinajstić information content (AvgIpc) is 3.17. The Morgan fingerprint density at radius 3 is 2.54 bits per heavy atom. The van der Waals surface area contributed by atoms with Crippen molar-refractivity contribution in [1.29, 1.82) is 0 Å². The van der Waals surface area contributed by atoms with Gasteiger partial charge in [0.25, 0.3) is 5.91 Å². The van der Waals surface area contributed by atoms with Crippen LogP contribution < -0.4 is 4.74 Å². The van der Waals surface area contributed by atoms with Gasteiger partial charge in [0, 0.05) is 12.1 Å². The minimum atomic E-state index is -0.873. The molecule has 3 atom stereocenters. The molecule has 0 radical (unpaired) electrons. The van der Waals surface area contributed by atoms with Crippen LogP contribution in [0.4, 0.5) is 0 Å². The summed E-state index contributed by atoms with van der Waals surface area (Å²) in [6.07, 6.45) is 5.51. The number of carboxylic acids is 1. The van der Waals surface area contributed by atoms with E-state index in [0.29, 0.717) is 23.9 Å². The molecule has 1 aromatic rings. The van der Waals surface area contributed by atoms with Gasteiger partial charge in [0.15, 0.2) is 0 Å². The van der Waals surface area contributed by atoms with E-state index >= 15 is 0 Å². The first-order valence-corrected chi connectivity index (χ1v) is 8.90. The molecular formula is C19H23NO4. The summed E-state index contributed by atoms with van der Waals surface area (Å²) in [5.74, 6) is 0.870. The fraction of sp³-hybridized carbons (Fsp3) is 0.579. The molecule has 24 heavy (non-hydrogen) atoms. The molecule has 1 amide bonds. The fourth-order valence-electron chi connectivity index (χ4n) is 4.19. The molecule has 1 aliphatic heterocycles. The third kappa shape index (κ3) is 2.87. The summed E-state index contributed by atoms with van der Waals surface area (Å²) in [5, 5.41) is 9.58. The summed E-state index contributed by atoms with van der Waals surface area (Å²) in [6.45, 7) is 1.31. The molecule has 3 aliphatic rings. The highest BCUT2D eigenvalue weighted by Crippen LogP contribution is 2.42. The average molecular weight is 329 g/mol. The van der Waals surface area contributed by atoms with Crippen LogP contribution in [0, 0.1) is 17.8 Å². The topological polar surface area (TPSA) is 66.8 Å². The Morgan fingerprint density at radius 2 is 1.88 bits per heavy atom. The van der Waals surface area contributed by atoms with E-state index in [-0.39, 0.29) is 11.8 Å². The van der Waals surface area contributed by atoms with Crippen LogP contribution in [0.2, 0.25) is 0 Å². The van der Waals surface area contributed by atoms with E-state index < -0.39 is 12.0 Å². The van der Waals surface area contributed by atoms with Crippen LogP contribution in [0.15, 0.2) is 24.3 Å². The third-order valence-corrected chi connectivity index (χ3v) is 5.69. The van der Waals surface area contributed by atoms with E-state index in [2.05, 4.69) is 0 Å². The number of ether oxygens (including phenoxy) is 1. The van der Waals surface area contributed by atoms with E-state index in [9.17, 15) is 14.7 Å². The summed E-state index contributed by atoms with van der Waals surface area (Å²) < 4.78 is 5.69. The minimum Gasteiger partial charge on any atom is -0.493 e. The number of amides is 1. The van der Waals surface area contributed by atoms with Gasteiger partial charge in [-0.15, -0.1) is 0 Å². The first-order chi connectivity index (χ1) is 11.6. The van der Waals surface area contributed by atoms with Crippen LogP contribution in [0.1, 0.15) is 42.5 Å². The summed E-state index contributed by atoms with van der Waals surface area (Å²) in [5.41, 5.74) is 0.542. The van der Waals surface area contributed by atoms with Gasteiger partial charge in [-0.3, -0.25) is 4.79 Å². The van der Waals surface area contributed by atoms with Gasteiger partial charge >= 0.3 is 5.97 Å². The number of hydrogen-bond acceptors (Lipinski definition) is 3. The second kappa shape index (κ2) is 6.11. The van der Waals surface area contributed by atoms with Crippen molar-refractivity contribution in [2.24, 2.45) is 17.8 Å². The molecule has 1 N–H and O–H groups in total. The normalized spacial score (nSPS) is 28.7. The lowest BCUT2D eigenvalue weighted by atomic mass is 9.94. The number of fused-ring (bicyclic) bond motifs is 1. The Labute approximate surface area is 141 Å². The van der Waals surface area contributed by atoms with E-state index in [1.54, 1.807) is 17.0 Å². The van der Waals surface area contributed by atoms with E-state index in [4.69, 9.17) is 4.74 Å².